The molecule has 140 valence electrons. The number of carbonyl (C=O) groups excluding carboxylic acids is 2. The highest BCUT2D eigenvalue weighted by molar-refractivity contribution is 7.11. The van der Waals surface area contributed by atoms with Crippen LogP contribution in [0.2, 0.25) is 0 Å². The van der Waals surface area contributed by atoms with Crippen molar-refractivity contribution in [1.29, 1.82) is 0 Å². The fraction of sp³-hybridized carbons (Fsp3) is 0.211. The van der Waals surface area contributed by atoms with E-state index in [9.17, 15) is 14.4 Å². The van der Waals surface area contributed by atoms with Crippen molar-refractivity contribution in [3.63, 3.8) is 0 Å². The average Bonchev–Trinajstić information content (AvgIpc) is 3.30. The van der Waals surface area contributed by atoms with Gasteiger partial charge in [-0.15, -0.1) is 0 Å². The van der Waals surface area contributed by atoms with Crippen molar-refractivity contribution in [3.05, 3.63) is 74.2 Å². The lowest BCUT2D eigenvalue weighted by Gasteiger charge is -2.10. The Morgan fingerprint density at radius 1 is 1.30 bits per heavy atom. The molecule has 0 aliphatic heterocycles. The monoisotopic (exact) mass is 386 g/mol. The first-order valence-corrected chi connectivity index (χ1v) is 8.98. The third-order valence-corrected chi connectivity index (χ3v) is 4.88. The minimum absolute atomic E-state index is 0.0745. The number of benzene rings is 1. The van der Waals surface area contributed by atoms with Gasteiger partial charge >= 0.3 is 4.87 Å². The van der Waals surface area contributed by atoms with Crippen molar-refractivity contribution in [3.8, 4) is 5.75 Å². The van der Waals surface area contributed by atoms with Gasteiger partial charge in [0.2, 0.25) is 0 Å². The zero-order valence-electron chi connectivity index (χ0n) is 14.9. The standard InChI is InChI=1S/C19H18N2O5S/c1-12(22)13-5-6-16(25-2)14(8-13)10-21-11-17(27-19(21)24)18(23)20-9-15-4-3-7-26-15/h3-8,11H,9-10H2,1-2H3,(H,20,23). The molecule has 0 fully saturated rings. The van der Waals surface area contributed by atoms with Crippen LogP contribution in [0.1, 0.15) is 38.3 Å². The lowest BCUT2D eigenvalue weighted by molar-refractivity contribution is 0.0950. The summed E-state index contributed by atoms with van der Waals surface area (Å²) >= 11 is 0.860. The number of carbonyl (C=O) groups is 2. The first-order chi connectivity index (χ1) is 13.0. The van der Waals surface area contributed by atoms with Crippen molar-refractivity contribution in [2.24, 2.45) is 0 Å². The second kappa shape index (κ2) is 8.05. The summed E-state index contributed by atoms with van der Waals surface area (Å²) in [5, 5.41) is 2.71. The molecule has 27 heavy (non-hydrogen) atoms. The molecular weight excluding hydrogens is 368 g/mol. The minimum atomic E-state index is -0.350. The smallest absolute Gasteiger partial charge is 0.308 e. The fourth-order valence-corrected chi connectivity index (χ4v) is 3.33. The number of thiazole rings is 1. The fourth-order valence-electron chi connectivity index (χ4n) is 2.56. The summed E-state index contributed by atoms with van der Waals surface area (Å²) in [6, 6.07) is 8.55. The highest BCUT2D eigenvalue weighted by atomic mass is 32.1. The third kappa shape index (κ3) is 4.35. The van der Waals surface area contributed by atoms with Crippen LogP contribution in [0.3, 0.4) is 0 Å². The molecule has 8 heteroatoms. The Morgan fingerprint density at radius 3 is 2.78 bits per heavy atom. The van der Waals surface area contributed by atoms with Gasteiger partial charge in [-0.1, -0.05) is 11.3 Å². The van der Waals surface area contributed by atoms with E-state index in [0.717, 1.165) is 11.3 Å². The molecule has 0 radical (unpaired) electrons. The number of ether oxygens (including phenoxy) is 1. The van der Waals surface area contributed by atoms with E-state index in [0.29, 0.717) is 27.5 Å². The molecule has 3 aromatic rings. The zero-order valence-corrected chi connectivity index (χ0v) is 15.7. The van der Waals surface area contributed by atoms with Gasteiger partial charge in [-0.2, -0.15) is 0 Å². The SMILES string of the molecule is COc1ccc(C(C)=O)cc1Cn1cc(C(=O)NCc2ccco2)sc1=O. The van der Waals surface area contributed by atoms with Gasteiger partial charge in [-0.3, -0.25) is 14.4 Å². The molecule has 0 spiro atoms. The molecule has 7 nitrogen and oxygen atoms in total. The van der Waals surface area contributed by atoms with E-state index < -0.39 is 0 Å². The predicted molar refractivity (Wildman–Crippen MR) is 101 cm³/mol. The van der Waals surface area contributed by atoms with Crippen molar-refractivity contribution in [2.75, 3.05) is 7.11 Å². The minimum Gasteiger partial charge on any atom is -0.496 e. The summed E-state index contributed by atoms with van der Waals surface area (Å²) in [4.78, 5) is 36.2. The number of amides is 1. The number of aromatic nitrogens is 1. The normalized spacial score (nSPS) is 10.6. The van der Waals surface area contributed by atoms with Crippen LogP contribution in [0.4, 0.5) is 0 Å². The molecule has 0 bridgehead atoms. The molecule has 2 heterocycles. The molecule has 1 N–H and O–H groups in total. The molecule has 2 aromatic heterocycles. The van der Waals surface area contributed by atoms with E-state index in [2.05, 4.69) is 5.32 Å². The summed E-state index contributed by atoms with van der Waals surface area (Å²) in [7, 11) is 1.52. The van der Waals surface area contributed by atoms with Crippen LogP contribution in [0.25, 0.3) is 0 Å². The van der Waals surface area contributed by atoms with Crippen LogP contribution in [-0.4, -0.2) is 23.4 Å². The molecule has 1 amide bonds. The Morgan fingerprint density at radius 2 is 2.11 bits per heavy atom. The van der Waals surface area contributed by atoms with E-state index in [1.54, 1.807) is 30.3 Å². The molecule has 0 atom stereocenters. The molecule has 0 unspecified atom stereocenters. The van der Waals surface area contributed by atoms with Crippen molar-refractivity contribution in [2.45, 2.75) is 20.0 Å². The second-order valence-electron chi connectivity index (χ2n) is 5.83. The predicted octanol–water partition coefficient (Wildman–Crippen LogP) is 2.69. The first-order valence-electron chi connectivity index (χ1n) is 8.16. The summed E-state index contributed by atoms with van der Waals surface area (Å²) in [6.45, 7) is 1.92. The number of furan rings is 1. The van der Waals surface area contributed by atoms with Gasteiger partial charge in [0.05, 0.1) is 26.5 Å². The second-order valence-corrected chi connectivity index (χ2v) is 6.83. The molecule has 3 rings (SSSR count). The van der Waals surface area contributed by atoms with Gasteiger partial charge in [0.1, 0.15) is 16.4 Å². The largest absolute Gasteiger partial charge is 0.496 e. The lowest BCUT2D eigenvalue weighted by atomic mass is 10.1. The van der Waals surface area contributed by atoms with Gasteiger partial charge in [0.25, 0.3) is 5.91 Å². The molecule has 0 saturated carbocycles. The summed E-state index contributed by atoms with van der Waals surface area (Å²) in [5.74, 6) is 0.772. The number of methoxy groups -OCH3 is 1. The number of hydrogen-bond acceptors (Lipinski definition) is 6. The Bertz CT molecular complexity index is 1020. The third-order valence-electron chi connectivity index (χ3n) is 3.96. The summed E-state index contributed by atoms with van der Waals surface area (Å²) in [6.07, 6.45) is 3.03. The van der Waals surface area contributed by atoms with E-state index in [1.807, 2.05) is 0 Å². The van der Waals surface area contributed by atoms with E-state index in [4.69, 9.17) is 9.15 Å². The molecule has 0 aliphatic rings. The topological polar surface area (TPSA) is 90.5 Å². The van der Waals surface area contributed by atoms with Crippen LogP contribution in [0.5, 0.6) is 5.75 Å². The maximum absolute atomic E-state index is 12.3. The van der Waals surface area contributed by atoms with Crippen LogP contribution >= 0.6 is 11.3 Å². The lowest BCUT2D eigenvalue weighted by Crippen LogP contribution is -2.21. The maximum Gasteiger partial charge on any atom is 0.308 e. The Kier molecular flexibility index (Phi) is 5.56. The van der Waals surface area contributed by atoms with Gasteiger partial charge < -0.3 is 19.0 Å². The van der Waals surface area contributed by atoms with Crippen molar-refractivity contribution >= 4 is 23.0 Å². The Labute approximate surface area is 159 Å². The van der Waals surface area contributed by atoms with Gasteiger partial charge in [-0.25, -0.2) is 0 Å². The molecule has 0 saturated heterocycles. The number of ketones is 1. The van der Waals surface area contributed by atoms with Crippen molar-refractivity contribution < 1.29 is 18.7 Å². The van der Waals surface area contributed by atoms with E-state index in [-0.39, 0.29) is 29.7 Å². The first kappa shape index (κ1) is 18.7. The highest BCUT2D eigenvalue weighted by Gasteiger charge is 2.15. The van der Waals surface area contributed by atoms with E-state index in [1.165, 1.54) is 31.1 Å². The van der Waals surface area contributed by atoms with Crippen molar-refractivity contribution in [1.82, 2.24) is 9.88 Å². The summed E-state index contributed by atoms with van der Waals surface area (Å²) in [5.41, 5.74) is 1.22. The number of hydrogen-bond donors (Lipinski definition) is 1. The maximum atomic E-state index is 12.3. The number of Topliss-reactive ketones (excluding diaryl/α,β-unsaturated/α-hetero) is 1. The quantitative estimate of drug-likeness (QED) is 0.631. The Hall–Kier alpha value is -3.13. The molecule has 1 aromatic carbocycles. The van der Waals surface area contributed by atoms with Crippen LogP contribution < -0.4 is 14.9 Å². The Balaban J connectivity index is 1.78. The van der Waals surface area contributed by atoms with Crippen LogP contribution in [0, 0.1) is 0 Å². The number of rotatable bonds is 7. The van der Waals surface area contributed by atoms with Crippen LogP contribution in [0.15, 0.2) is 52.0 Å². The number of nitrogens with zero attached hydrogens (tertiary/aromatic N) is 1. The average molecular weight is 386 g/mol. The molecular formula is C19H18N2O5S. The van der Waals surface area contributed by atoms with Gasteiger partial charge in [0, 0.05) is 17.3 Å². The van der Waals surface area contributed by atoms with Gasteiger partial charge in [-0.05, 0) is 37.3 Å². The molecule has 0 aliphatic carbocycles. The van der Waals surface area contributed by atoms with Crippen LogP contribution in [-0.2, 0) is 13.1 Å². The summed E-state index contributed by atoms with van der Waals surface area (Å²) < 4.78 is 11.9. The van der Waals surface area contributed by atoms with E-state index >= 15 is 0 Å². The zero-order chi connectivity index (χ0) is 19.4. The highest BCUT2D eigenvalue weighted by Crippen LogP contribution is 2.21. The van der Waals surface area contributed by atoms with Gasteiger partial charge in [0.15, 0.2) is 5.78 Å². The number of nitrogens with one attached hydrogen (secondary N) is 1.